The second-order valence-corrected chi connectivity index (χ2v) is 22.0. The third-order valence-electron chi connectivity index (χ3n) is 14.7. The van der Waals surface area contributed by atoms with Crippen LogP contribution in [0.15, 0.2) is 127 Å². The van der Waals surface area contributed by atoms with Gasteiger partial charge in [0.25, 0.3) is 0 Å². The van der Waals surface area contributed by atoms with Gasteiger partial charge in [-0.05, 0) is 148 Å². The molecule has 4 aromatic rings. The lowest BCUT2D eigenvalue weighted by molar-refractivity contribution is -0.108. The van der Waals surface area contributed by atoms with Gasteiger partial charge in [0, 0.05) is 30.6 Å². The summed E-state index contributed by atoms with van der Waals surface area (Å²) in [5.74, 6) is 4.76. The molecule has 0 radical (unpaired) electrons. The number of rotatable bonds is 28. The predicted molar refractivity (Wildman–Crippen MR) is 367 cm³/mol. The number of carbonyl (C=O) groups excluding carboxylic acids is 1. The Bertz CT molecular complexity index is 2250. The highest BCUT2D eigenvalue weighted by molar-refractivity contribution is 6.33. The van der Waals surface area contributed by atoms with E-state index < -0.39 is 7.54 Å². The molecule has 6 nitrogen and oxygen atoms in total. The molecule has 6 atom stereocenters. The number of halogens is 3. The van der Waals surface area contributed by atoms with Gasteiger partial charge in [-0.3, -0.25) is 12.9 Å². The third kappa shape index (κ3) is 43.1. The van der Waals surface area contributed by atoms with Crippen LogP contribution < -0.4 is 9.47 Å². The van der Waals surface area contributed by atoms with Crippen molar-refractivity contribution in [2.45, 2.75) is 256 Å². The maximum Gasteiger partial charge on any atom is 0.762 e. The fourth-order valence-electron chi connectivity index (χ4n) is 9.36. The first-order valence-corrected chi connectivity index (χ1v) is 31.6. The Labute approximate surface area is 521 Å². The standard InChI is InChI=1S/C24H36O.C15H22O.C14H22O.C10H12O2.C6H14.C4H10O.2CH4.BF3/c1-6-7-8-9-10-19(5)20-12-14-22(24(25)16-20)23-15-18(4)11-13-21(23)17(2)3;1-4-5-6-7-9-13(2)14-10-8-11-15(12-14)16-3;1-3-4-5-6-8-12(2)13-9-7-10-14(15)11-13;1-8(7-11)9-4-3-5-10(6-9)12-2;1-3-5-6-4-2;1-3-5-4-2;;;2-1(3)4/h12,14-16,19,21,23,25H,2,6-11,13H2,1,3-5H3;7-13H,4-6H2,1-3H3;7,9-12,15H,3-6,8H2,1-2H3;3-8H,1-2H3;3-6H2,1-2H3;3-4H2,1-2H3;2*1H4;/b;9-7+;;;;;;;. The topological polar surface area (TPSA) is 85.2 Å². The van der Waals surface area contributed by atoms with Crippen molar-refractivity contribution in [1.82, 2.24) is 0 Å². The van der Waals surface area contributed by atoms with E-state index in [0.29, 0.717) is 35.2 Å². The molecule has 0 aromatic heterocycles. The Hall–Kier alpha value is -5.22. The van der Waals surface area contributed by atoms with Crippen molar-refractivity contribution in [2.24, 2.45) is 5.92 Å². The maximum atomic E-state index is 10.7. The van der Waals surface area contributed by atoms with E-state index in [1.807, 2.05) is 75.4 Å². The molecule has 0 amide bonds. The van der Waals surface area contributed by atoms with Crippen molar-refractivity contribution >= 4 is 13.8 Å². The van der Waals surface area contributed by atoms with Gasteiger partial charge in [-0.25, -0.2) is 0 Å². The zero-order valence-electron chi connectivity index (χ0n) is 54.7. The number of benzene rings is 4. The summed E-state index contributed by atoms with van der Waals surface area (Å²) in [7, 11) is -0.342. The summed E-state index contributed by atoms with van der Waals surface area (Å²) >= 11 is 0. The first kappa shape index (κ1) is 86.2. The highest BCUT2D eigenvalue weighted by Crippen LogP contribution is 2.43. The number of hydrogen-bond acceptors (Lipinski definition) is 6. The van der Waals surface area contributed by atoms with Crippen LogP contribution in [-0.4, -0.2) is 51.5 Å². The number of hydrogen-bond donors (Lipinski definition) is 2. The van der Waals surface area contributed by atoms with Crippen molar-refractivity contribution in [3.8, 4) is 23.0 Å². The molecule has 0 aliphatic heterocycles. The van der Waals surface area contributed by atoms with E-state index >= 15 is 0 Å². The predicted octanol–water partition coefficient (Wildman–Crippen LogP) is 24.3. The molecule has 5 rings (SSSR count). The van der Waals surface area contributed by atoms with Crippen molar-refractivity contribution in [1.29, 1.82) is 0 Å². The Balaban J connectivity index is -0.000000484. The van der Waals surface area contributed by atoms with Gasteiger partial charge in [0.05, 0.1) is 14.2 Å². The zero-order valence-corrected chi connectivity index (χ0v) is 54.7. The molecule has 0 saturated carbocycles. The molecule has 85 heavy (non-hydrogen) atoms. The van der Waals surface area contributed by atoms with E-state index in [0.717, 1.165) is 55.0 Å². The van der Waals surface area contributed by atoms with Crippen LogP contribution >= 0.6 is 0 Å². The van der Waals surface area contributed by atoms with E-state index in [4.69, 9.17) is 14.2 Å². The Morgan fingerprint density at radius 3 is 1.48 bits per heavy atom. The molecule has 0 bridgehead atoms. The first-order valence-electron chi connectivity index (χ1n) is 31.6. The third-order valence-corrected chi connectivity index (χ3v) is 14.7. The van der Waals surface area contributed by atoms with Crippen LogP contribution in [0.5, 0.6) is 23.0 Å². The van der Waals surface area contributed by atoms with Gasteiger partial charge >= 0.3 is 7.54 Å². The number of carbonyl (C=O) groups is 1. The number of unbranched alkanes of at least 4 members (excludes halogenated alkanes) is 11. The normalized spacial score (nSPS) is 14.2. The lowest BCUT2D eigenvalue weighted by atomic mass is 9.74. The minimum atomic E-state index is -3.67. The second kappa shape index (κ2) is 56.6. The number of methoxy groups -OCH3 is 2. The molecular formula is C75H124BF3O6. The second-order valence-electron chi connectivity index (χ2n) is 22.0. The molecule has 0 saturated heterocycles. The number of ether oxygens (including phenoxy) is 3. The summed E-state index contributed by atoms with van der Waals surface area (Å²) in [6, 6.07) is 29.8. The van der Waals surface area contributed by atoms with E-state index in [2.05, 4.69) is 124 Å². The van der Waals surface area contributed by atoms with Gasteiger partial charge in [0.2, 0.25) is 0 Å². The molecule has 0 heterocycles. The maximum absolute atomic E-state index is 10.7. The first-order chi connectivity index (χ1) is 39.8. The van der Waals surface area contributed by atoms with E-state index in [1.54, 1.807) is 20.3 Å². The summed E-state index contributed by atoms with van der Waals surface area (Å²) in [5.41, 5.74) is 8.54. The molecule has 0 fully saturated rings. The summed E-state index contributed by atoms with van der Waals surface area (Å²) < 4.78 is 44.1. The van der Waals surface area contributed by atoms with Gasteiger partial charge in [-0.15, -0.1) is 0 Å². The summed E-state index contributed by atoms with van der Waals surface area (Å²) in [6.45, 7) is 33.9. The monoisotopic (exact) mass is 1190 g/mol. The van der Waals surface area contributed by atoms with Gasteiger partial charge in [-0.2, -0.15) is 0 Å². The molecule has 10 heteroatoms. The molecule has 1 aliphatic carbocycles. The number of aldehydes is 1. The Kier molecular flexibility index (Phi) is 57.4. The summed E-state index contributed by atoms with van der Waals surface area (Å²) in [5, 5.41) is 20.1. The molecule has 484 valence electrons. The molecule has 0 spiro atoms. The summed E-state index contributed by atoms with van der Waals surface area (Å²) in [4.78, 5) is 10.5. The minimum absolute atomic E-state index is 0. The van der Waals surface area contributed by atoms with Gasteiger partial charge < -0.3 is 29.2 Å². The van der Waals surface area contributed by atoms with Crippen molar-refractivity contribution in [3.05, 3.63) is 155 Å². The van der Waals surface area contributed by atoms with Crippen molar-refractivity contribution < 1.29 is 42.2 Å². The lowest BCUT2D eigenvalue weighted by Gasteiger charge is -2.31. The van der Waals surface area contributed by atoms with E-state index in [9.17, 15) is 28.0 Å². The molecular weight excluding hydrogens is 1060 g/mol. The van der Waals surface area contributed by atoms with Crippen LogP contribution in [0.3, 0.4) is 0 Å². The minimum Gasteiger partial charge on any atom is -0.508 e. The van der Waals surface area contributed by atoms with Crippen LogP contribution in [-0.2, 0) is 9.53 Å². The fraction of sp³-hybridized carbons (Fsp3) is 0.587. The number of phenols is 2. The SMILES string of the molecule is C.C.C=C(C)C1CCC(C)=CC1c1ccc(C(C)CCCCCC)cc1O.CCCC/C=C/C(C)c1cccc(OC)c1.CCCCCC.CCCCCCC(C)c1cccc(O)c1.CCOCC.COc1cccc(C(C)C=O)c1.FB(F)F. The van der Waals surface area contributed by atoms with Crippen LogP contribution in [0.4, 0.5) is 12.9 Å². The van der Waals surface area contributed by atoms with Crippen LogP contribution in [0, 0.1) is 5.92 Å². The highest BCUT2D eigenvalue weighted by atomic mass is 19.4. The molecule has 6 unspecified atom stereocenters. The average molecular weight is 1190 g/mol. The van der Waals surface area contributed by atoms with Crippen LogP contribution in [0.2, 0.25) is 0 Å². The number of phenolic OH excluding ortho intramolecular Hbond substituents is 2. The van der Waals surface area contributed by atoms with Crippen LogP contribution in [0.25, 0.3) is 0 Å². The summed E-state index contributed by atoms with van der Waals surface area (Å²) in [6.07, 6.45) is 32.3. The van der Waals surface area contributed by atoms with Crippen molar-refractivity contribution in [2.75, 3.05) is 27.4 Å². The fourth-order valence-corrected chi connectivity index (χ4v) is 9.36. The average Bonchev–Trinajstić information content (AvgIpc) is 3.65. The Morgan fingerprint density at radius 1 is 0.624 bits per heavy atom. The lowest BCUT2D eigenvalue weighted by Crippen LogP contribution is -2.17. The van der Waals surface area contributed by atoms with Gasteiger partial charge in [0.15, 0.2) is 0 Å². The smallest absolute Gasteiger partial charge is 0.508 e. The number of aromatic hydroxyl groups is 2. The largest absolute Gasteiger partial charge is 0.762 e. The molecule has 4 aromatic carbocycles. The van der Waals surface area contributed by atoms with Gasteiger partial charge in [0.1, 0.15) is 29.3 Å². The van der Waals surface area contributed by atoms with Crippen LogP contribution in [0.1, 0.15) is 284 Å². The van der Waals surface area contributed by atoms with E-state index in [-0.39, 0.29) is 26.7 Å². The zero-order chi connectivity index (χ0) is 62.8. The highest BCUT2D eigenvalue weighted by Gasteiger charge is 2.28. The number of allylic oxidation sites excluding steroid dienone is 5. The molecule has 1 aliphatic rings. The van der Waals surface area contributed by atoms with Crippen molar-refractivity contribution in [3.63, 3.8) is 0 Å². The quantitative estimate of drug-likeness (QED) is 0.0255. The molecule has 2 N–H and O–H groups in total. The van der Waals surface area contributed by atoms with Gasteiger partial charge in [-0.1, -0.05) is 252 Å². The van der Waals surface area contributed by atoms with E-state index in [1.165, 1.54) is 137 Å². The Morgan fingerprint density at radius 2 is 1.07 bits per heavy atom.